The van der Waals surface area contributed by atoms with Gasteiger partial charge in [0.05, 0.1) is 17.5 Å². The summed E-state index contributed by atoms with van der Waals surface area (Å²) in [5.41, 5.74) is 1.50. The topological polar surface area (TPSA) is 80.4 Å². The van der Waals surface area contributed by atoms with Gasteiger partial charge in [0.2, 0.25) is 0 Å². The highest BCUT2D eigenvalue weighted by molar-refractivity contribution is 5.94. The summed E-state index contributed by atoms with van der Waals surface area (Å²) in [6.45, 7) is 1.14. The van der Waals surface area contributed by atoms with Gasteiger partial charge in [-0.15, -0.1) is 0 Å². The third kappa shape index (κ3) is 3.80. The number of likely N-dealkylation sites (tertiary alicyclic amines) is 1. The van der Waals surface area contributed by atoms with E-state index >= 15 is 0 Å². The first-order chi connectivity index (χ1) is 13.6. The van der Waals surface area contributed by atoms with Gasteiger partial charge in [-0.1, -0.05) is 0 Å². The first-order valence-corrected chi connectivity index (χ1v) is 9.04. The molecule has 3 aromatic rings. The molecule has 144 valence electrons. The van der Waals surface area contributed by atoms with Crippen molar-refractivity contribution in [2.45, 2.75) is 18.9 Å². The van der Waals surface area contributed by atoms with Crippen LogP contribution in [0.2, 0.25) is 0 Å². The fraction of sp³-hybridized carbons (Fsp3) is 0.250. The second-order valence-electron chi connectivity index (χ2n) is 6.67. The number of carbonyl (C=O) groups is 2. The van der Waals surface area contributed by atoms with Crippen LogP contribution in [0, 0.1) is 5.82 Å². The van der Waals surface area contributed by atoms with E-state index in [1.807, 2.05) is 0 Å². The van der Waals surface area contributed by atoms with Crippen LogP contribution >= 0.6 is 0 Å². The fourth-order valence-electron chi connectivity index (χ4n) is 3.24. The minimum atomic E-state index is -0.327. The second-order valence-corrected chi connectivity index (χ2v) is 6.67. The smallest absolute Gasteiger partial charge is 0.272 e. The van der Waals surface area contributed by atoms with Gasteiger partial charge in [-0.25, -0.2) is 9.07 Å². The second kappa shape index (κ2) is 7.67. The molecular formula is C20H19FN4O3. The number of carbonyl (C=O) groups excluding carboxylic acids is 2. The quantitative estimate of drug-likeness (QED) is 0.752. The fourth-order valence-corrected chi connectivity index (χ4v) is 3.24. The molecule has 3 heterocycles. The summed E-state index contributed by atoms with van der Waals surface area (Å²) in [5.74, 6) is -0.650. The number of piperidine rings is 1. The number of aromatic nitrogens is 2. The molecule has 2 aromatic heterocycles. The van der Waals surface area contributed by atoms with Crippen molar-refractivity contribution >= 4 is 11.8 Å². The molecule has 1 aromatic carbocycles. The van der Waals surface area contributed by atoms with Gasteiger partial charge in [-0.3, -0.25) is 9.59 Å². The summed E-state index contributed by atoms with van der Waals surface area (Å²) >= 11 is 0. The zero-order valence-electron chi connectivity index (χ0n) is 15.0. The molecule has 4 rings (SSSR count). The lowest BCUT2D eigenvalue weighted by Gasteiger charge is -2.32. The molecule has 0 saturated carbocycles. The lowest BCUT2D eigenvalue weighted by molar-refractivity contribution is 0.0697. The Bertz CT molecular complexity index is 958. The van der Waals surface area contributed by atoms with E-state index in [1.54, 1.807) is 35.4 Å². The Morgan fingerprint density at radius 2 is 1.86 bits per heavy atom. The van der Waals surface area contributed by atoms with Gasteiger partial charge in [-0.2, -0.15) is 5.10 Å². The standard InChI is InChI=1S/C20H19FN4O3/c21-15-1-3-17(4-2-15)25-11-7-18(23-25)19(26)22-16-5-9-24(10-6-16)20(27)14-8-12-28-13-14/h1-4,7-8,11-13,16H,5-6,9-10H2,(H,22,26). The first kappa shape index (κ1) is 18.0. The number of benzene rings is 1. The molecule has 0 unspecified atom stereocenters. The summed E-state index contributed by atoms with van der Waals surface area (Å²) < 4.78 is 19.5. The number of nitrogens with zero attached hydrogens (tertiary/aromatic N) is 3. The minimum Gasteiger partial charge on any atom is -0.472 e. The number of nitrogens with one attached hydrogen (secondary N) is 1. The molecule has 0 bridgehead atoms. The molecule has 1 aliphatic rings. The van der Waals surface area contributed by atoms with Crippen molar-refractivity contribution in [3.63, 3.8) is 0 Å². The molecule has 0 atom stereocenters. The van der Waals surface area contributed by atoms with E-state index in [0.29, 0.717) is 42.9 Å². The van der Waals surface area contributed by atoms with Crippen molar-refractivity contribution in [2.75, 3.05) is 13.1 Å². The molecule has 8 heteroatoms. The van der Waals surface area contributed by atoms with Crippen molar-refractivity contribution in [2.24, 2.45) is 0 Å². The van der Waals surface area contributed by atoms with Crippen LogP contribution in [0.15, 0.2) is 59.5 Å². The van der Waals surface area contributed by atoms with Gasteiger partial charge < -0.3 is 14.6 Å². The van der Waals surface area contributed by atoms with Gasteiger partial charge in [0, 0.05) is 25.3 Å². The van der Waals surface area contributed by atoms with Gasteiger partial charge in [0.15, 0.2) is 5.69 Å². The Labute approximate surface area is 160 Å². The molecule has 0 radical (unpaired) electrons. The SMILES string of the molecule is O=C(NC1CCN(C(=O)c2ccoc2)CC1)c1ccn(-c2ccc(F)cc2)n1. The number of furan rings is 1. The van der Waals surface area contributed by atoms with Gasteiger partial charge in [-0.05, 0) is 49.2 Å². The van der Waals surface area contributed by atoms with Crippen LogP contribution in [-0.4, -0.2) is 45.6 Å². The number of hydrogen-bond acceptors (Lipinski definition) is 4. The van der Waals surface area contributed by atoms with E-state index in [0.717, 1.165) is 0 Å². The molecule has 1 N–H and O–H groups in total. The summed E-state index contributed by atoms with van der Waals surface area (Å²) in [4.78, 5) is 26.5. The maximum atomic E-state index is 13.0. The van der Waals surface area contributed by atoms with E-state index in [9.17, 15) is 14.0 Å². The van der Waals surface area contributed by atoms with Crippen molar-refractivity contribution in [3.8, 4) is 5.69 Å². The summed E-state index contributed by atoms with van der Waals surface area (Å²) in [6, 6.07) is 9.12. The maximum absolute atomic E-state index is 13.0. The Kier molecular flexibility index (Phi) is 4.92. The molecular weight excluding hydrogens is 363 g/mol. The molecule has 0 aliphatic carbocycles. The normalized spacial score (nSPS) is 14.8. The zero-order chi connectivity index (χ0) is 19.5. The molecule has 2 amide bonds. The average Bonchev–Trinajstić information content (AvgIpc) is 3.41. The van der Waals surface area contributed by atoms with E-state index < -0.39 is 0 Å². The average molecular weight is 382 g/mol. The predicted molar refractivity (Wildman–Crippen MR) is 98.6 cm³/mol. The van der Waals surface area contributed by atoms with Crippen LogP contribution in [0.4, 0.5) is 4.39 Å². The van der Waals surface area contributed by atoms with Crippen LogP contribution in [0.25, 0.3) is 5.69 Å². The van der Waals surface area contributed by atoms with Gasteiger partial charge in [0.1, 0.15) is 12.1 Å². The maximum Gasteiger partial charge on any atom is 0.272 e. The highest BCUT2D eigenvalue weighted by Gasteiger charge is 2.25. The van der Waals surface area contributed by atoms with E-state index in [-0.39, 0.29) is 23.7 Å². The molecule has 28 heavy (non-hydrogen) atoms. The molecule has 1 saturated heterocycles. The van der Waals surface area contributed by atoms with Gasteiger partial charge >= 0.3 is 0 Å². The summed E-state index contributed by atoms with van der Waals surface area (Å²) in [5, 5.41) is 7.23. The third-order valence-electron chi connectivity index (χ3n) is 4.80. The van der Waals surface area contributed by atoms with Crippen LogP contribution in [0.1, 0.15) is 33.7 Å². The lowest BCUT2D eigenvalue weighted by Crippen LogP contribution is -2.46. The monoisotopic (exact) mass is 382 g/mol. The molecule has 1 aliphatic heterocycles. The highest BCUT2D eigenvalue weighted by atomic mass is 19.1. The number of amides is 2. The van der Waals surface area contributed by atoms with Crippen molar-refractivity contribution in [1.82, 2.24) is 20.0 Å². The number of rotatable bonds is 4. The molecule has 7 nitrogen and oxygen atoms in total. The third-order valence-corrected chi connectivity index (χ3v) is 4.80. The van der Waals surface area contributed by atoms with Crippen LogP contribution in [-0.2, 0) is 0 Å². The zero-order valence-corrected chi connectivity index (χ0v) is 15.0. The molecule has 0 spiro atoms. The Balaban J connectivity index is 1.32. The minimum absolute atomic E-state index is 0.0168. The summed E-state index contributed by atoms with van der Waals surface area (Å²) in [6.07, 6.45) is 5.93. The van der Waals surface area contributed by atoms with Crippen LogP contribution < -0.4 is 5.32 Å². The Morgan fingerprint density at radius 1 is 1.11 bits per heavy atom. The predicted octanol–water partition coefficient (Wildman–Crippen LogP) is 2.64. The van der Waals surface area contributed by atoms with E-state index in [1.165, 1.54) is 29.3 Å². The first-order valence-electron chi connectivity index (χ1n) is 9.04. The Hall–Kier alpha value is -3.42. The van der Waals surface area contributed by atoms with Gasteiger partial charge in [0.25, 0.3) is 11.8 Å². The number of halogens is 1. The highest BCUT2D eigenvalue weighted by Crippen LogP contribution is 2.15. The molecule has 1 fully saturated rings. The number of hydrogen-bond donors (Lipinski definition) is 1. The van der Waals surface area contributed by atoms with Crippen LogP contribution in [0.5, 0.6) is 0 Å². The Morgan fingerprint density at radius 3 is 2.54 bits per heavy atom. The van der Waals surface area contributed by atoms with E-state index in [2.05, 4.69) is 10.4 Å². The largest absolute Gasteiger partial charge is 0.472 e. The van der Waals surface area contributed by atoms with Crippen molar-refractivity contribution in [1.29, 1.82) is 0 Å². The van der Waals surface area contributed by atoms with Crippen LogP contribution in [0.3, 0.4) is 0 Å². The van der Waals surface area contributed by atoms with Crippen molar-refractivity contribution < 1.29 is 18.4 Å². The van der Waals surface area contributed by atoms with Crippen molar-refractivity contribution in [3.05, 3.63) is 72.2 Å². The van der Waals surface area contributed by atoms with E-state index in [4.69, 9.17) is 4.42 Å². The summed E-state index contributed by atoms with van der Waals surface area (Å²) in [7, 11) is 0. The lowest BCUT2D eigenvalue weighted by atomic mass is 10.0.